The third-order valence-corrected chi connectivity index (χ3v) is 8.32. The van der Waals surface area contributed by atoms with Crippen LogP contribution in [0.2, 0.25) is 0 Å². The summed E-state index contributed by atoms with van der Waals surface area (Å²) in [7, 11) is 0. The molecule has 0 aromatic heterocycles. The molecule has 0 spiro atoms. The fourth-order valence-electron chi connectivity index (χ4n) is 5.31. The van der Waals surface area contributed by atoms with E-state index in [1.54, 1.807) is 0 Å². The zero-order valence-electron chi connectivity index (χ0n) is 27.1. The maximum absolute atomic E-state index is 12.9. The third kappa shape index (κ3) is 16.4. The van der Waals surface area contributed by atoms with Gasteiger partial charge in [0.05, 0.1) is 25.4 Å². The second-order valence-corrected chi connectivity index (χ2v) is 12.2. The van der Waals surface area contributed by atoms with Crippen LogP contribution < -0.4 is 5.32 Å². The Kier molecular flexibility index (Phi) is 23.2. The van der Waals surface area contributed by atoms with E-state index in [2.05, 4.69) is 25.2 Å². The van der Waals surface area contributed by atoms with Gasteiger partial charge in [-0.25, -0.2) is 0 Å². The standard InChI is InChI=1S/C33H63NO10/c1-3-5-7-9-11-12-13-15-17-19-21-26(37)32(42)34-24(28(38)25(36)20-18-16-14-10-8-6-4-2)23-43-33-31(41)30(40)29(39)27(22-35)44-33/h10,14,24-31,33,35-41H,3-9,11-13,15-23H2,1-2H3,(H,34,42)/b14-10+. The Labute approximate surface area is 264 Å². The molecule has 11 nitrogen and oxygen atoms in total. The summed E-state index contributed by atoms with van der Waals surface area (Å²) < 4.78 is 10.9. The monoisotopic (exact) mass is 633 g/mol. The molecule has 1 rings (SSSR count). The summed E-state index contributed by atoms with van der Waals surface area (Å²) in [4.78, 5) is 12.9. The lowest BCUT2D eigenvalue weighted by Gasteiger charge is -2.40. The molecule has 44 heavy (non-hydrogen) atoms. The summed E-state index contributed by atoms with van der Waals surface area (Å²) in [6.07, 6.45) is 8.94. The van der Waals surface area contributed by atoms with Gasteiger partial charge in [-0.2, -0.15) is 0 Å². The van der Waals surface area contributed by atoms with Crippen LogP contribution in [0.3, 0.4) is 0 Å². The zero-order chi connectivity index (χ0) is 32.7. The fraction of sp³-hybridized carbons (Fsp3) is 0.909. The largest absolute Gasteiger partial charge is 0.394 e. The van der Waals surface area contributed by atoms with Crippen LogP contribution >= 0.6 is 0 Å². The van der Waals surface area contributed by atoms with Crippen LogP contribution in [-0.4, -0.2) is 110 Å². The Morgan fingerprint density at radius 1 is 0.773 bits per heavy atom. The number of amides is 1. The Morgan fingerprint density at radius 2 is 1.34 bits per heavy atom. The van der Waals surface area contributed by atoms with Crippen molar-refractivity contribution in [2.75, 3.05) is 13.2 Å². The van der Waals surface area contributed by atoms with Crippen LogP contribution in [0.4, 0.5) is 0 Å². The van der Waals surface area contributed by atoms with E-state index in [0.717, 1.165) is 44.9 Å². The molecule has 0 radical (unpaired) electrons. The van der Waals surface area contributed by atoms with Crippen LogP contribution in [0.5, 0.6) is 0 Å². The lowest BCUT2D eigenvalue weighted by Crippen LogP contribution is -2.60. The average molecular weight is 634 g/mol. The lowest BCUT2D eigenvalue weighted by molar-refractivity contribution is -0.303. The minimum atomic E-state index is -1.66. The van der Waals surface area contributed by atoms with E-state index >= 15 is 0 Å². The highest BCUT2D eigenvalue weighted by Crippen LogP contribution is 2.23. The van der Waals surface area contributed by atoms with Gasteiger partial charge in [-0.3, -0.25) is 4.79 Å². The minimum absolute atomic E-state index is 0.256. The smallest absolute Gasteiger partial charge is 0.249 e. The number of aliphatic hydroxyl groups excluding tert-OH is 7. The fourth-order valence-corrected chi connectivity index (χ4v) is 5.31. The molecule has 9 unspecified atom stereocenters. The third-order valence-electron chi connectivity index (χ3n) is 8.32. The van der Waals surface area contributed by atoms with E-state index in [-0.39, 0.29) is 12.8 Å². The van der Waals surface area contributed by atoms with Crippen LogP contribution in [0.15, 0.2) is 12.2 Å². The van der Waals surface area contributed by atoms with Gasteiger partial charge in [0, 0.05) is 0 Å². The first-order valence-corrected chi connectivity index (χ1v) is 17.1. The Hall–Kier alpha value is -1.15. The van der Waals surface area contributed by atoms with Crippen molar-refractivity contribution in [2.45, 2.75) is 178 Å². The highest BCUT2D eigenvalue weighted by molar-refractivity contribution is 5.80. The quantitative estimate of drug-likeness (QED) is 0.0519. The predicted octanol–water partition coefficient (Wildman–Crippen LogP) is 2.60. The van der Waals surface area contributed by atoms with Crippen molar-refractivity contribution < 1.29 is 50.0 Å². The number of hydrogen-bond donors (Lipinski definition) is 8. The summed E-state index contributed by atoms with van der Waals surface area (Å²) in [5.41, 5.74) is 0. The molecule has 11 heteroatoms. The number of allylic oxidation sites excluding steroid dienone is 2. The first-order valence-electron chi connectivity index (χ1n) is 17.1. The molecule has 260 valence electrons. The molecule has 0 saturated carbocycles. The number of aliphatic hydroxyl groups is 7. The van der Waals surface area contributed by atoms with E-state index in [1.807, 2.05) is 6.08 Å². The molecule has 1 amide bonds. The van der Waals surface area contributed by atoms with Gasteiger partial charge in [-0.15, -0.1) is 0 Å². The molecule has 1 heterocycles. The van der Waals surface area contributed by atoms with Crippen molar-refractivity contribution >= 4 is 5.91 Å². The molecule has 1 aliphatic rings. The highest BCUT2D eigenvalue weighted by atomic mass is 16.7. The Balaban J connectivity index is 2.66. The molecule has 0 aromatic rings. The number of carbonyl (C=O) groups excluding carboxylic acids is 1. The van der Waals surface area contributed by atoms with Crippen LogP contribution in [0.1, 0.15) is 123 Å². The molecule has 0 aliphatic carbocycles. The summed E-state index contributed by atoms with van der Waals surface area (Å²) in [5, 5.41) is 74.6. The van der Waals surface area contributed by atoms with E-state index in [1.165, 1.54) is 38.5 Å². The van der Waals surface area contributed by atoms with Crippen molar-refractivity contribution in [3.63, 3.8) is 0 Å². The maximum Gasteiger partial charge on any atom is 0.249 e. The summed E-state index contributed by atoms with van der Waals surface area (Å²) in [6.45, 7) is 3.26. The molecular weight excluding hydrogens is 570 g/mol. The zero-order valence-corrected chi connectivity index (χ0v) is 27.1. The highest BCUT2D eigenvalue weighted by Gasteiger charge is 2.44. The van der Waals surface area contributed by atoms with Crippen molar-refractivity contribution in [3.8, 4) is 0 Å². The van der Waals surface area contributed by atoms with Gasteiger partial charge in [-0.05, 0) is 32.1 Å². The molecule has 1 saturated heterocycles. The Bertz CT molecular complexity index is 739. The van der Waals surface area contributed by atoms with Crippen molar-refractivity contribution in [3.05, 3.63) is 12.2 Å². The van der Waals surface area contributed by atoms with Crippen LogP contribution in [-0.2, 0) is 14.3 Å². The molecule has 9 atom stereocenters. The molecule has 8 N–H and O–H groups in total. The first kappa shape index (κ1) is 40.9. The molecular formula is C33H63NO10. The van der Waals surface area contributed by atoms with Gasteiger partial charge in [-0.1, -0.05) is 103 Å². The van der Waals surface area contributed by atoms with Crippen molar-refractivity contribution in [1.29, 1.82) is 0 Å². The van der Waals surface area contributed by atoms with Crippen LogP contribution in [0, 0.1) is 0 Å². The lowest BCUT2D eigenvalue weighted by atomic mass is 9.98. The van der Waals surface area contributed by atoms with Gasteiger partial charge in [0.25, 0.3) is 0 Å². The summed E-state index contributed by atoms with van der Waals surface area (Å²) in [6, 6.07) is -1.17. The second-order valence-electron chi connectivity index (χ2n) is 12.2. The predicted molar refractivity (Wildman–Crippen MR) is 169 cm³/mol. The van der Waals surface area contributed by atoms with Gasteiger partial charge in [0.15, 0.2) is 6.29 Å². The SMILES string of the molecule is CCCC/C=C/CCCC(O)C(O)C(COC1OC(CO)C(O)C(O)C1O)NC(=O)C(O)CCCCCCCCCCCC. The van der Waals surface area contributed by atoms with E-state index < -0.39 is 74.2 Å². The van der Waals surface area contributed by atoms with Gasteiger partial charge in [0.2, 0.25) is 5.91 Å². The number of rotatable bonds is 26. The summed E-state index contributed by atoms with van der Waals surface area (Å²) >= 11 is 0. The minimum Gasteiger partial charge on any atom is -0.394 e. The number of hydrogen-bond acceptors (Lipinski definition) is 10. The second kappa shape index (κ2) is 25.0. The molecule has 1 aliphatic heterocycles. The topological polar surface area (TPSA) is 189 Å². The number of carbonyl (C=O) groups is 1. The van der Waals surface area contributed by atoms with Gasteiger partial charge in [0.1, 0.15) is 36.6 Å². The molecule has 0 aromatic carbocycles. The number of ether oxygens (including phenoxy) is 2. The van der Waals surface area contributed by atoms with Gasteiger partial charge >= 0.3 is 0 Å². The normalized spacial score (nSPS) is 25.2. The van der Waals surface area contributed by atoms with E-state index in [4.69, 9.17) is 9.47 Å². The molecule has 0 bridgehead atoms. The Morgan fingerprint density at radius 3 is 1.93 bits per heavy atom. The maximum atomic E-state index is 12.9. The van der Waals surface area contributed by atoms with Crippen molar-refractivity contribution in [2.24, 2.45) is 0 Å². The van der Waals surface area contributed by atoms with Gasteiger partial charge < -0.3 is 50.5 Å². The summed E-state index contributed by atoms with van der Waals surface area (Å²) in [5.74, 6) is -0.714. The average Bonchev–Trinajstić information content (AvgIpc) is 3.02. The van der Waals surface area contributed by atoms with Crippen molar-refractivity contribution in [1.82, 2.24) is 5.32 Å². The molecule has 1 fully saturated rings. The van der Waals surface area contributed by atoms with E-state index in [9.17, 15) is 40.5 Å². The first-order chi connectivity index (χ1) is 21.2. The van der Waals surface area contributed by atoms with E-state index in [0.29, 0.717) is 12.8 Å². The van der Waals surface area contributed by atoms with Crippen LogP contribution in [0.25, 0.3) is 0 Å². The number of unbranched alkanes of at least 4 members (excludes halogenated alkanes) is 12. The number of nitrogens with one attached hydrogen (secondary N) is 1.